The number of halogens is 1. The fourth-order valence-corrected chi connectivity index (χ4v) is 4.02. The molecule has 0 fully saturated rings. The molecule has 0 bridgehead atoms. The van der Waals surface area contributed by atoms with Crippen molar-refractivity contribution in [1.82, 2.24) is 4.72 Å². The van der Waals surface area contributed by atoms with E-state index in [9.17, 15) is 8.42 Å². The van der Waals surface area contributed by atoms with Crippen LogP contribution in [0.2, 0.25) is 4.34 Å². The highest BCUT2D eigenvalue weighted by molar-refractivity contribution is 7.91. The Hall–Kier alpha value is -0.790. The van der Waals surface area contributed by atoms with E-state index in [1.54, 1.807) is 13.0 Å². The molecule has 0 aliphatic rings. The molecule has 0 aliphatic heterocycles. The second kappa shape index (κ2) is 6.96. The number of unbranched alkanes of at least 4 members (excludes halogenated alkanes) is 1. The number of nitrogens with one attached hydrogen (secondary N) is 1. The Bertz CT molecular complexity index is 529. The van der Waals surface area contributed by atoms with Crippen LogP contribution >= 0.6 is 22.9 Å². The van der Waals surface area contributed by atoms with Gasteiger partial charge in [0.2, 0.25) is 10.0 Å². The maximum absolute atomic E-state index is 11.8. The minimum absolute atomic E-state index is 0.222. The zero-order valence-corrected chi connectivity index (χ0v) is 12.1. The molecule has 0 saturated heterocycles. The number of rotatable bonds is 7. The largest absolute Gasteiger partial charge is 0.250 e. The van der Waals surface area contributed by atoms with E-state index < -0.39 is 10.0 Å². The van der Waals surface area contributed by atoms with Gasteiger partial charge < -0.3 is 0 Å². The summed E-state index contributed by atoms with van der Waals surface area (Å²) in [7, 11) is -3.47. The van der Waals surface area contributed by atoms with E-state index in [1.807, 2.05) is 0 Å². The van der Waals surface area contributed by atoms with Gasteiger partial charge in [-0.1, -0.05) is 16.7 Å². The fourth-order valence-electron chi connectivity index (χ4n) is 1.19. The summed E-state index contributed by atoms with van der Waals surface area (Å²) in [5.74, 6) is 0. The highest BCUT2D eigenvalue weighted by Crippen LogP contribution is 2.29. The van der Waals surface area contributed by atoms with Crippen molar-refractivity contribution in [2.75, 3.05) is 13.1 Å². The quantitative estimate of drug-likeness (QED) is 0.362. The molecule has 0 spiro atoms. The Labute approximate surface area is 115 Å². The Balaban J connectivity index is 2.48. The molecule has 0 radical (unpaired) electrons. The lowest BCUT2D eigenvalue weighted by atomic mass is 10.3. The predicted octanol–water partition coefficient (Wildman–Crippen LogP) is 3.08. The molecule has 1 rings (SSSR count). The van der Waals surface area contributed by atoms with Gasteiger partial charge in [0.05, 0.1) is 4.34 Å². The highest BCUT2D eigenvalue weighted by Gasteiger charge is 2.17. The van der Waals surface area contributed by atoms with Crippen LogP contribution in [0.1, 0.15) is 18.4 Å². The summed E-state index contributed by atoms with van der Waals surface area (Å²) < 4.78 is 26.9. The van der Waals surface area contributed by atoms with Crippen LogP contribution in [0.4, 0.5) is 0 Å². The van der Waals surface area contributed by atoms with Gasteiger partial charge in [-0.05, 0) is 36.9 Å². The third-order valence-electron chi connectivity index (χ3n) is 2.14. The maximum Gasteiger partial charge on any atom is 0.250 e. The molecule has 0 amide bonds. The molecule has 6 nitrogen and oxygen atoms in total. The molecule has 9 heteroatoms. The molecular formula is C9H13ClN4O2S2. The number of azide groups is 1. The molecule has 0 unspecified atom stereocenters. The predicted molar refractivity (Wildman–Crippen MR) is 72.5 cm³/mol. The first-order chi connectivity index (χ1) is 8.47. The van der Waals surface area contributed by atoms with E-state index in [4.69, 9.17) is 17.1 Å². The molecular weight excluding hydrogens is 296 g/mol. The van der Waals surface area contributed by atoms with Crippen LogP contribution in [0.5, 0.6) is 0 Å². The van der Waals surface area contributed by atoms with Gasteiger partial charge in [-0.15, -0.1) is 11.3 Å². The lowest BCUT2D eigenvalue weighted by Crippen LogP contribution is -2.24. The van der Waals surface area contributed by atoms with Gasteiger partial charge in [-0.2, -0.15) is 0 Å². The van der Waals surface area contributed by atoms with Gasteiger partial charge in [0.15, 0.2) is 0 Å². The van der Waals surface area contributed by atoms with Crippen LogP contribution in [0.15, 0.2) is 15.4 Å². The van der Waals surface area contributed by atoms with Gasteiger partial charge in [0, 0.05) is 18.0 Å². The van der Waals surface area contributed by atoms with E-state index in [0.29, 0.717) is 30.3 Å². The van der Waals surface area contributed by atoms with E-state index >= 15 is 0 Å². The van der Waals surface area contributed by atoms with Crippen molar-refractivity contribution in [1.29, 1.82) is 0 Å². The zero-order valence-electron chi connectivity index (χ0n) is 9.76. The molecule has 1 aromatic rings. The van der Waals surface area contributed by atoms with E-state index in [-0.39, 0.29) is 4.21 Å². The van der Waals surface area contributed by atoms with Gasteiger partial charge in [-0.3, -0.25) is 0 Å². The van der Waals surface area contributed by atoms with Crippen LogP contribution in [-0.4, -0.2) is 21.5 Å². The smallest absolute Gasteiger partial charge is 0.210 e. The minimum atomic E-state index is -3.47. The van der Waals surface area contributed by atoms with Crippen molar-refractivity contribution in [3.63, 3.8) is 0 Å². The fraction of sp³-hybridized carbons (Fsp3) is 0.556. The van der Waals surface area contributed by atoms with Gasteiger partial charge in [0.25, 0.3) is 0 Å². The summed E-state index contributed by atoms with van der Waals surface area (Å²) in [5.41, 5.74) is 8.82. The van der Waals surface area contributed by atoms with Crippen molar-refractivity contribution in [2.45, 2.75) is 24.0 Å². The van der Waals surface area contributed by atoms with Crippen molar-refractivity contribution in [3.8, 4) is 0 Å². The summed E-state index contributed by atoms with van der Waals surface area (Å²) in [5, 5.41) is 3.37. The number of thiophene rings is 1. The van der Waals surface area contributed by atoms with Crippen LogP contribution in [0.25, 0.3) is 10.4 Å². The number of aryl methyl sites for hydroxylation is 1. The number of nitrogens with zero attached hydrogens (tertiary/aromatic N) is 3. The molecule has 100 valence electrons. The molecule has 18 heavy (non-hydrogen) atoms. The second-order valence-electron chi connectivity index (χ2n) is 3.58. The zero-order chi connectivity index (χ0) is 13.6. The Morgan fingerprint density at radius 1 is 1.56 bits per heavy atom. The molecule has 1 N–H and O–H groups in total. The van der Waals surface area contributed by atoms with E-state index in [0.717, 1.165) is 16.9 Å². The molecule has 0 aromatic carbocycles. The van der Waals surface area contributed by atoms with Crippen molar-refractivity contribution >= 4 is 33.0 Å². The van der Waals surface area contributed by atoms with Crippen molar-refractivity contribution in [3.05, 3.63) is 26.4 Å². The first-order valence-corrected chi connectivity index (χ1v) is 7.91. The summed E-state index contributed by atoms with van der Waals surface area (Å²) in [4.78, 5) is 2.62. The summed E-state index contributed by atoms with van der Waals surface area (Å²) in [6.07, 6.45) is 1.27. The Kier molecular flexibility index (Phi) is 5.90. The van der Waals surface area contributed by atoms with E-state index in [2.05, 4.69) is 14.7 Å². The molecule has 0 atom stereocenters. The topological polar surface area (TPSA) is 94.9 Å². The van der Waals surface area contributed by atoms with Gasteiger partial charge >= 0.3 is 0 Å². The average molecular weight is 309 g/mol. The summed E-state index contributed by atoms with van der Waals surface area (Å²) >= 11 is 6.88. The Morgan fingerprint density at radius 3 is 2.83 bits per heavy atom. The third kappa shape index (κ3) is 4.47. The SMILES string of the molecule is Cc1cc(S(=O)(=O)NCCCCN=[N+]=[N-])sc1Cl. The van der Waals surface area contributed by atoms with Crippen molar-refractivity contribution in [2.24, 2.45) is 5.11 Å². The van der Waals surface area contributed by atoms with E-state index in [1.165, 1.54) is 0 Å². The van der Waals surface area contributed by atoms with Gasteiger partial charge in [-0.25, -0.2) is 13.1 Å². The standard InChI is InChI=1S/C9H13ClN4O2S2/c1-7-6-8(17-9(7)10)18(15,16)13-5-3-2-4-12-14-11/h6,13H,2-5H2,1H3. The first-order valence-electron chi connectivity index (χ1n) is 5.24. The molecule has 1 aromatic heterocycles. The van der Waals surface area contributed by atoms with Gasteiger partial charge in [0.1, 0.15) is 4.21 Å². The van der Waals surface area contributed by atoms with Crippen LogP contribution < -0.4 is 4.72 Å². The normalized spacial score (nSPS) is 11.2. The minimum Gasteiger partial charge on any atom is -0.210 e. The summed E-state index contributed by atoms with van der Waals surface area (Å²) in [6.45, 7) is 2.46. The lowest BCUT2D eigenvalue weighted by molar-refractivity contribution is 0.579. The molecule has 0 saturated carbocycles. The number of sulfonamides is 1. The molecule has 0 aliphatic carbocycles. The maximum atomic E-state index is 11.8. The van der Waals surface area contributed by atoms with Crippen LogP contribution in [0, 0.1) is 6.92 Å². The first kappa shape index (κ1) is 15.3. The molecule has 1 heterocycles. The monoisotopic (exact) mass is 308 g/mol. The third-order valence-corrected chi connectivity index (χ3v) is 5.63. The van der Waals surface area contributed by atoms with Crippen molar-refractivity contribution < 1.29 is 8.42 Å². The number of hydrogen-bond acceptors (Lipinski definition) is 4. The lowest BCUT2D eigenvalue weighted by Gasteiger charge is -2.03. The van der Waals surface area contributed by atoms with Crippen LogP contribution in [-0.2, 0) is 10.0 Å². The average Bonchev–Trinajstić information content (AvgIpc) is 2.65. The Morgan fingerprint density at radius 2 is 2.28 bits per heavy atom. The second-order valence-corrected chi connectivity index (χ2v) is 7.23. The summed E-state index contributed by atoms with van der Waals surface area (Å²) in [6, 6.07) is 1.55. The highest BCUT2D eigenvalue weighted by atomic mass is 35.5. The van der Waals surface area contributed by atoms with Crippen LogP contribution in [0.3, 0.4) is 0 Å². The number of hydrogen-bond donors (Lipinski definition) is 1.